The van der Waals surface area contributed by atoms with Crippen molar-refractivity contribution in [3.05, 3.63) is 24.0 Å². The van der Waals surface area contributed by atoms with Crippen LogP contribution in [0.15, 0.2) is 12.5 Å². The molecular weight excluding hydrogens is 230 g/mol. The molecule has 0 saturated heterocycles. The lowest BCUT2D eigenvalue weighted by Gasteiger charge is -2.03. The van der Waals surface area contributed by atoms with Gasteiger partial charge in [0.1, 0.15) is 18.7 Å². The monoisotopic (exact) mass is 249 g/mol. The highest BCUT2D eigenvalue weighted by Gasteiger charge is 2.06. The fourth-order valence-electron chi connectivity index (χ4n) is 1.77. The van der Waals surface area contributed by atoms with Crippen LogP contribution in [0.1, 0.15) is 31.3 Å². The van der Waals surface area contributed by atoms with Crippen LogP contribution in [0.5, 0.6) is 0 Å². The van der Waals surface area contributed by atoms with Gasteiger partial charge in [-0.3, -0.25) is 0 Å². The van der Waals surface area contributed by atoms with Gasteiger partial charge in [0.15, 0.2) is 0 Å². The van der Waals surface area contributed by atoms with Gasteiger partial charge < -0.3 is 5.73 Å². The summed E-state index contributed by atoms with van der Waals surface area (Å²) in [7, 11) is 0. The molecule has 0 amide bonds. The van der Waals surface area contributed by atoms with Crippen LogP contribution in [-0.4, -0.2) is 36.3 Å². The van der Waals surface area contributed by atoms with Crippen molar-refractivity contribution < 1.29 is 0 Å². The predicted octanol–water partition coefficient (Wildman–Crippen LogP) is 0.219. The summed E-state index contributed by atoms with van der Waals surface area (Å²) in [5.74, 6) is 0.909. The van der Waals surface area contributed by atoms with E-state index >= 15 is 0 Å². The molecule has 0 bridgehead atoms. The van der Waals surface area contributed by atoms with Crippen molar-refractivity contribution in [1.29, 1.82) is 0 Å². The Labute approximate surface area is 106 Å². The zero-order valence-electron chi connectivity index (χ0n) is 10.7. The van der Waals surface area contributed by atoms with E-state index in [1.807, 2.05) is 10.9 Å². The standard InChI is InChI=1S/C11H19N7/c1-2-6-18-11(13-9-14-18)8-17-7-10(15-16-17)4-3-5-12/h7,9H,2-6,8,12H2,1H3. The van der Waals surface area contributed by atoms with Crippen LogP contribution in [0.3, 0.4) is 0 Å². The predicted molar refractivity (Wildman–Crippen MR) is 66.8 cm³/mol. The Morgan fingerprint density at radius 1 is 1.39 bits per heavy atom. The van der Waals surface area contributed by atoms with Gasteiger partial charge in [-0.25, -0.2) is 14.3 Å². The Morgan fingerprint density at radius 2 is 2.28 bits per heavy atom. The average molecular weight is 249 g/mol. The maximum Gasteiger partial charge on any atom is 0.148 e. The number of hydrogen-bond donors (Lipinski definition) is 1. The van der Waals surface area contributed by atoms with Gasteiger partial charge in [-0.15, -0.1) is 5.10 Å². The first-order valence-electron chi connectivity index (χ1n) is 6.29. The molecule has 0 atom stereocenters. The fourth-order valence-corrected chi connectivity index (χ4v) is 1.77. The second kappa shape index (κ2) is 6.25. The second-order valence-corrected chi connectivity index (χ2v) is 4.20. The Morgan fingerprint density at radius 3 is 3.06 bits per heavy atom. The third-order valence-corrected chi connectivity index (χ3v) is 2.66. The van der Waals surface area contributed by atoms with Crippen molar-refractivity contribution in [2.45, 2.75) is 39.3 Å². The molecule has 2 heterocycles. The van der Waals surface area contributed by atoms with E-state index in [4.69, 9.17) is 5.73 Å². The van der Waals surface area contributed by atoms with Crippen LogP contribution >= 0.6 is 0 Å². The summed E-state index contributed by atoms with van der Waals surface area (Å²) in [6, 6.07) is 0. The van der Waals surface area contributed by atoms with Gasteiger partial charge in [-0.2, -0.15) is 5.10 Å². The molecule has 0 aliphatic rings. The summed E-state index contributed by atoms with van der Waals surface area (Å²) in [4.78, 5) is 4.24. The molecule has 18 heavy (non-hydrogen) atoms. The van der Waals surface area contributed by atoms with Crippen molar-refractivity contribution in [3.63, 3.8) is 0 Å². The Hall–Kier alpha value is -1.76. The lowest BCUT2D eigenvalue weighted by Crippen LogP contribution is -2.10. The normalized spacial score (nSPS) is 11.0. The summed E-state index contributed by atoms with van der Waals surface area (Å²) in [6.45, 7) is 4.28. The van der Waals surface area contributed by atoms with E-state index < -0.39 is 0 Å². The maximum absolute atomic E-state index is 5.47. The van der Waals surface area contributed by atoms with Gasteiger partial charge in [0.25, 0.3) is 0 Å². The van der Waals surface area contributed by atoms with Gasteiger partial charge in [-0.1, -0.05) is 12.1 Å². The van der Waals surface area contributed by atoms with Crippen molar-refractivity contribution in [1.82, 2.24) is 29.8 Å². The van der Waals surface area contributed by atoms with Gasteiger partial charge >= 0.3 is 0 Å². The first kappa shape index (κ1) is 12.7. The van der Waals surface area contributed by atoms with Crippen LogP contribution in [0.4, 0.5) is 0 Å². The molecule has 2 aromatic heterocycles. The average Bonchev–Trinajstić information content (AvgIpc) is 2.98. The molecule has 98 valence electrons. The first-order chi connectivity index (χ1) is 8.83. The zero-order valence-corrected chi connectivity index (χ0v) is 10.7. The summed E-state index contributed by atoms with van der Waals surface area (Å²) in [5, 5.41) is 12.4. The highest BCUT2D eigenvalue weighted by atomic mass is 15.4. The SMILES string of the molecule is CCCn1ncnc1Cn1cc(CCCN)nn1. The van der Waals surface area contributed by atoms with Gasteiger partial charge in [-0.05, 0) is 25.8 Å². The smallest absolute Gasteiger partial charge is 0.148 e. The number of hydrogen-bond acceptors (Lipinski definition) is 5. The van der Waals surface area contributed by atoms with E-state index in [1.54, 1.807) is 11.0 Å². The summed E-state index contributed by atoms with van der Waals surface area (Å²) in [5.41, 5.74) is 6.44. The molecule has 0 saturated carbocycles. The molecule has 7 heteroatoms. The minimum absolute atomic E-state index is 0.607. The molecule has 0 aliphatic heterocycles. The van der Waals surface area contributed by atoms with Gasteiger partial charge in [0.2, 0.25) is 0 Å². The van der Waals surface area contributed by atoms with E-state index in [1.165, 1.54) is 0 Å². The quantitative estimate of drug-likeness (QED) is 0.758. The highest BCUT2D eigenvalue weighted by Crippen LogP contribution is 2.02. The zero-order chi connectivity index (χ0) is 12.8. The molecule has 0 aliphatic carbocycles. The molecule has 0 aromatic carbocycles. The molecule has 2 aromatic rings. The van der Waals surface area contributed by atoms with Crippen molar-refractivity contribution in [3.8, 4) is 0 Å². The minimum Gasteiger partial charge on any atom is -0.330 e. The molecule has 0 unspecified atom stereocenters. The number of nitrogens with two attached hydrogens (primary N) is 1. The lowest BCUT2D eigenvalue weighted by molar-refractivity contribution is 0.532. The molecule has 0 fully saturated rings. The van der Waals surface area contributed by atoms with E-state index in [-0.39, 0.29) is 0 Å². The number of aryl methyl sites for hydroxylation is 2. The van der Waals surface area contributed by atoms with Gasteiger partial charge in [0.05, 0.1) is 5.69 Å². The largest absolute Gasteiger partial charge is 0.330 e. The third-order valence-electron chi connectivity index (χ3n) is 2.66. The molecular formula is C11H19N7. The third kappa shape index (κ3) is 3.13. The second-order valence-electron chi connectivity index (χ2n) is 4.20. The lowest BCUT2D eigenvalue weighted by atomic mass is 10.2. The molecule has 0 spiro atoms. The summed E-state index contributed by atoms with van der Waals surface area (Å²) < 4.78 is 3.70. The molecule has 0 radical (unpaired) electrons. The summed E-state index contributed by atoms with van der Waals surface area (Å²) >= 11 is 0. The van der Waals surface area contributed by atoms with E-state index in [9.17, 15) is 0 Å². The maximum atomic E-state index is 5.47. The number of aromatic nitrogens is 6. The highest BCUT2D eigenvalue weighted by molar-refractivity contribution is 4.95. The Balaban J connectivity index is 1.99. The number of nitrogens with zero attached hydrogens (tertiary/aromatic N) is 6. The van der Waals surface area contributed by atoms with E-state index in [0.717, 1.165) is 37.3 Å². The Kier molecular flexibility index (Phi) is 4.40. The van der Waals surface area contributed by atoms with Gasteiger partial charge in [0, 0.05) is 12.7 Å². The Bertz CT molecular complexity index is 473. The molecule has 2 N–H and O–H groups in total. The fraction of sp³-hybridized carbons (Fsp3) is 0.636. The van der Waals surface area contributed by atoms with Crippen LogP contribution in [0.2, 0.25) is 0 Å². The first-order valence-corrected chi connectivity index (χ1v) is 6.29. The van der Waals surface area contributed by atoms with E-state index in [0.29, 0.717) is 13.1 Å². The van der Waals surface area contributed by atoms with Crippen LogP contribution in [-0.2, 0) is 19.5 Å². The molecule has 2 rings (SSSR count). The van der Waals surface area contributed by atoms with E-state index in [2.05, 4.69) is 27.3 Å². The summed E-state index contributed by atoms with van der Waals surface area (Å²) in [6.07, 6.45) is 6.37. The van der Waals surface area contributed by atoms with Crippen molar-refractivity contribution in [2.24, 2.45) is 5.73 Å². The molecule has 7 nitrogen and oxygen atoms in total. The van der Waals surface area contributed by atoms with Crippen LogP contribution in [0, 0.1) is 0 Å². The number of rotatable bonds is 7. The van der Waals surface area contributed by atoms with Crippen LogP contribution in [0.25, 0.3) is 0 Å². The minimum atomic E-state index is 0.607. The van der Waals surface area contributed by atoms with Crippen LogP contribution < -0.4 is 5.73 Å². The topological polar surface area (TPSA) is 87.4 Å². The van der Waals surface area contributed by atoms with Crippen molar-refractivity contribution >= 4 is 0 Å². The van der Waals surface area contributed by atoms with Crippen molar-refractivity contribution in [2.75, 3.05) is 6.54 Å².